The minimum absolute atomic E-state index is 0.0479. The third kappa shape index (κ3) is 2.63. The van der Waals surface area contributed by atoms with Gasteiger partial charge in [-0.2, -0.15) is 5.26 Å². The molecular weight excluding hydrogens is 298 g/mol. The Morgan fingerprint density at radius 1 is 1.30 bits per heavy atom. The average molecular weight is 309 g/mol. The Labute approximate surface area is 128 Å². The minimum Gasteiger partial charge on any atom is -0.494 e. The number of aromatic hydroxyl groups is 1. The fourth-order valence-corrected chi connectivity index (χ4v) is 2.17. The van der Waals surface area contributed by atoms with Crippen LogP contribution in [0.4, 0.5) is 0 Å². The lowest BCUT2D eigenvalue weighted by molar-refractivity contribution is 0.447. The Hall–Kier alpha value is -3.60. The molecule has 8 nitrogen and oxygen atoms in total. The van der Waals surface area contributed by atoms with E-state index in [0.717, 1.165) is 17.2 Å². The summed E-state index contributed by atoms with van der Waals surface area (Å²) in [5, 5.41) is 19.0. The first-order chi connectivity index (χ1) is 11.0. The topological polar surface area (TPSA) is 138 Å². The van der Waals surface area contributed by atoms with Crippen LogP contribution in [-0.2, 0) is 0 Å². The quantitative estimate of drug-likeness (QED) is 0.523. The van der Waals surface area contributed by atoms with E-state index in [9.17, 15) is 20.0 Å². The predicted octanol–water partition coefficient (Wildman–Crippen LogP) is 1.02. The van der Waals surface area contributed by atoms with Gasteiger partial charge < -0.3 is 10.1 Å². The van der Waals surface area contributed by atoms with Crippen LogP contribution in [0.5, 0.6) is 5.88 Å². The molecule has 0 spiro atoms. The Kier molecular flexibility index (Phi) is 3.31. The number of aryl methyl sites for hydroxylation is 1. The number of hydrogen-bond acceptors (Lipinski definition) is 5. The molecule has 2 heterocycles. The number of allylic oxidation sites excluding steroid dienone is 1. The Bertz CT molecular complexity index is 1090. The number of aromatic amines is 3. The summed E-state index contributed by atoms with van der Waals surface area (Å²) in [6, 6.07) is 7.50. The third-order valence-electron chi connectivity index (χ3n) is 3.26. The van der Waals surface area contributed by atoms with Gasteiger partial charge in [0.25, 0.3) is 5.56 Å². The molecule has 0 amide bonds. The SMILES string of the molecule is Cc1ccc2nc(C(C#N)=Cc3c(O)[nH]c(=O)[nH]c3=O)[nH]c2c1. The summed E-state index contributed by atoms with van der Waals surface area (Å²) in [5.74, 6) is -0.350. The summed E-state index contributed by atoms with van der Waals surface area (Å²) in [7, 11) is 0. The summed E-state index contributed by atoms with van der Waals surface area (Å²) in [6.45, 7) is 1.93. The lowest BCUT2D eigenvalue weighted by Gasteiger charge is -1.98. The number of nitrogens with one attached hydrogen (secondary N) is 3. The molecule has 0 fully saturated rings. The van der Waals surface area contributed by atoms with Crippen molar-refractivity contribution in [3.63, 3.8) is 0 Å². The molecule has 114 valence electrons. The molecule has 0 saturated heterocycles. The molecule has 4 N–H and O–H groups in total. The number of nitrogens with zero attached hydrogens (tertiary/aromatic N) is 2. The van der Waals surface area contributed by atoms with Crippen molar-refractivity contribution < 1.29 is 5.11 Å². The van der Waals surface area contributed by atoms with E-state index in [-0.39, 0.29) is 17.0 Å². The number of benzene rings is 1. The van der Waals surface area contributed by atoms with Crippen molar-refractivity contribution in [2.24, 2.45) is 0 Å². The van der Waals surface area contributed by atoms with Crippen LogP contribution in [0.25, 0.3) is 22.7 Å². The van der Waals surface area contributed by atoms with Crippen molar-refractivity contribution in [3.05, 3.63) is 56.0 Å². The monoisotopic (exact) mass is 309 g/mol. The largest absolute Gasteiger partial charge is 0.494 e. The van der Waals surface area contributed by atoms with Crippen LogP contribution in [0.15, 0.2) is 27.8 Å². The Balaban J connectivity index is 2.17. The predicted molar refractivity (Wildman–Crippen MR) is 83.7 cm³/mol. The fourth-order valence-electron chi connectivity index (χ4n) is 2.17. The normalized spacial score (nSPS) is 11.6. The van der Waals surface area contributed by atoms with E-state index in [2.05, 4.69) is 15.0 Å². The van der Waals surface area contributed by atoms with Gasteiger partial charge in [-0.1, -0.05) is 6.07 Å². The Morgan fingerprint density at radius 3 is 2.78 bits per heavy atom. The fraction of sp³-hybridized carbons (Fsp3) is 0.0667. The van der Waals surface area contributed by atoms with Gasteiger partial charge in [0.2, 0.25) is 5.88 Å². The molecule has 0 saturated carbocycles. The van der Waals surface area contributed by atoms with Gasteiger partial charge in [-0.05, 0) is 30.7 Å². The molecule has 2 aromatic heterocycles. The Morgan fingerprint density at radius 2 is 2.09 bits per heavy atom. The molecule has 0 radical (unpaired) electrons. The summed E-state index contributed by atoms with van der Waals surface area (Å²) in [5.41, 5.74) is 0.648. The molecule has 0 aliphatic carbocycles. The highest BCUT2D eigenvalue weighted by molar-refractivity contribution is 5.90. The smallest absolute Gasteiger partial charge is 0.328 e. The number of fused-ring (bicyclic) bond motifs is 1. The van der Waals surface area contributed by atoms with Crippen molar-refractivity contribution >= 4 is 22.7 Å². The maximum atomic E-state index is 11.7. The molecule has 23 heavy (non-hydrogen) atoms. The summed E-state index contributed by atoms with van der Waals surface area (Å²) < 4.78 is 0. The van der Waals surface area contributed by atoms with Gasteiger partial charge >= 0.3 is 5.69 Å². The van der Waals surface area contributed by atoms with Crippen LogP contribution >= 0.6 is 0 Å². The number of H-pyrrole nitrogens is 3. The second kappa shape index (κ2) is 5.31. The first-order valence-electron chi connectivity index (χ1n) is 6.62. The first-order valence-corrected chi connectivity index (χ1v) is 6.62. The van der Waals surface area contributed by atoms with Gasteiger partial charge in [0, 0.05) is 0 Å². The number of hydrogen-bond donors (Lipinski definition) is 4. The van der Waals surface area contributed by atoms with Gasteiger partial charge in [0.05, 0.1) is 16.6 Å². The zero-order valence-corrected chi connectivity index (χ0v) is 12.0. The molecular formula is C15H11N5O3. The number of aromatic nitrogens is 4. The molecule has 8 heteroatoms. The van der Waals surface area contributed by atoms with Gasteiger partial charge in [0.15, 0.2) is 0 Å². The number of nitriles is 1. The van der Waals surface area contributed by atoms with E-state index in [4.69, 9.17) is 0 Å². The second-order valence-corrected chi connectivity index (χ2v) is 4.95. The maximum Gasteiger partial charge on any atom is 0.328 e. The van der Waals surface area contributed by atoms with E-state index in [1.54, 1.807) is 0 Å². The van der Waals surface area contributed by atoms with Crippen molar-refractivity contribution in [1.82, 2.24) is 19.9 Å². The van der Waals surface area contributed by atoms with E-state index >= 15 is 0 Å². The summed E-state index contributed by atoms with van der Waals surface area (Å²) in [6.07, 6.45) is 1.16. The van der Waals surface area contributed by atoms with Crippen LogP contribution in [-0.4, -0.2) is 25.0 Å². The molecule has 3 aromatic rings. The average Bonchev–Trinajstić information content (AvgIpc) is 2.89. The van der Waals surface area contributed by atoms with E-state index in [1.165, 1.54) is 0 Å². The minimum atomic E-state index is -0.831. The van der Waals surface area contributed by atoms with E-state index in [0.29, 0.717) is 5.52 Å². The lowest BCUT2D eigenvalue weighted by atomic mass is 10.2. The molecule has 0 bridgehead atoms. The highest BCUT2D eigenvalue weighted by Gasteiger charge is 2.12. The second-order valence-electron chi connectivity index (χ2n) is 4.95. The molecule has 0 unspecified atom stereocenters. The third-order valence-corrected chi connectivity index (χ3v) is 3.26. The van der Waals surface area contributed by atoms with Gasteiger partial charge in [-0.25, -0.2) is 9.78 Å². The van der Waals surface area contributed by atoms with Crippen molar-refractivity contribution in [2.45, 2.75) is 6.92 Å². The summed E-state index contributed by atoms with van der Waals surface area (Å²) in [4.78, 5) is 34.1. The molecule has 3 rings (SSSR count). The van der Waals surface area contributed by atoms with Crippen molar-refractivity contribution in [1.29, 1.82) is 5.26 Å². The van der Waals surface area contributed by atoms with Crippen molar-refractivity contribution in [2.75, 3.05) is 0 Å². The molecule has 0 aliphatic heterocycles. The highest BCUT2D eigenvalue weighted by atomic mass is 16.3. The number of imidazole rings is 1. The summed E-state index contributed by atoms with van der Waals surface area (Å²) >= 11 is 0. The maximum absolute atomic E-state index is 11.7. The zero-order chi connectivity index (χ0) is 16.6. The van der Waals surface area contributed by atoms with Gasteiger partial charge in [0.1, 0.15) is 17.5 Å². The lowest BCUT2D eigenvalue weighted by Crippen LogP contribution is -2.23. The van der Waals surface area contributed by atoms with Crippen LogP contribution in [0, 0.1) is 18.3 Å². The van der Waals surface area contributed by atoms with Crippen LogP contribution < -0.4 is 11.2 Å². The van der Waals surface area contributed by atoms with Crippen LogP contribution in [0.1, 0.15) is 17.0 Å². The molecule has 0 atom stereocenters. The van der Waals surface area contributed by atoms with Crippen molar-refractivity contribution in [3.8, 4) is 11.9 Å². The van der Waals surface area contributed by atoms with Gasteiger partial charge in [-0.3, -0.25) is 14.8 Å². The van der Waals surface area contributed by atoms with Crippen LogP contribution in [0.3, 0.4) is 0 Å². The van der Waals surface area contributed by atoms with Gasteiger partial charge in [-0.15, -0.1) is 0 Å². The standard InChI is InChI=1S/C15H11N5O3/c1-7-2-3-10-11(4-7)18-12(17-10)8(6-16)5-9-13(21)19-15(23)20-14(9)22/h2-5H,1H3,(H,17,18)(H3,19,20,21,22,23). The number of rotatable bonds is 2. The van der Waals surface area contributed by atoms with E-state index < -0.39 is 17.1 Å². The van der Waals surface area contributed by atoms with Crippen LogP contribution in [0.2, 0.25) is 0 Å². The molecule has 1 aromatic carbocycles. The van der Waals surface area contributed by atoms with E-state index in [1.807, 2.05) is 36.2 Å². The highest BCUT2D eigenvalue weighted by Crippen LogP contribution is 2.20. The molecule has 0 aliphatic rings. The first kappa shape index (κ1) is 14.3. The zero-order valence-electron chi connectivity index (χ0n) is 12.0.